The van der Waals surface area contributed by atoms with E-state index in [9.17, 15) is 18.4 Å². The van der Waals surface area contributed by atoms with Gasteiger partial charge in [-0.25, -0.2) is 18.4 Å². The normalized spacial score (nSPS) is 12.6. The molecule has 0 bridgehead atoms. The van der Waals surface area contributed by atoms with Crippen LogP contribution in [0.15, 0.2) is 16.6 Å². The molecule has 8 heteroatoms. The molecule has 1 rings (SSSR count). The average Bonchev–Trinajstić information content (AvgIpc) is 2.35. The third kappa shape index (κ3) is 5.25. The van der Waals surface area contributed by atoms with Crippen molar-refractivity contribution in [2.45, 2.75) is 38.8 Å². The molecule has 0 aromatic heterocycles. The van der Waals surface area contributed by atoms with E-state index in [4.69, 9.17) is 9.84 Å². The Balaban J connectivity index is 2.93. The Hall–Kier alpha value is -1.70. The molecule has 5 nitrogen and oxygen atoms in total. The second kappa shape index (κ2) is 7.04. The van der Waals surface area contributed by atoms with E-state index in [1.54, 1.807) is 20.8 Å². The number of amides is 1. The smallest absolute Gasteiger partial charge is 0.408 e. The summed E-state index contributed by atoms with van der Waals surface area (Å²) < 4.78 is 32.5. The van der Waals surface area contributed by atoms with E-state index >= 15 is 0 Å². The summed E-state index contributed by atoms with van der Waals surface area (Å²) in [7, 11) is 0. The van der Waals surface area contributed by atoms with E-state index in [1.165, 1.54) is 6.07 Å². The van der Waals surface area contributed by atoms with Gasteiger partial charge in [0.1, 0.15) is 23.3 Å². The Bertz CT molecular complexity index is 587. The summed E-state index contributed by atoms with van der Waals surface area (Å²) in [4.78, 5) is 22.8. The molecule has 0 aliphatic rings. The zero-order valence-corrected chi connectivity index (χ0v) is 13.8. The highest BCUT2D eigenvalue weighted by Gasteiger charge is 2.27. The fraction of sp³-hybridized carbons (Fsp3) is 0.429. The molecular formula is C14H16BrF2NO4. The number of aliphatic carboxylic acids is 1. The van der Waals surface area contributed by atoms with Gasteiger partial charge in [-0.05, 0) is 48.8 Å². The van der Waals surface area contributed by atoms with Crippen LogP contribution in [-0.2, 0) is 16.0 Å². The predicted molar refractivity (Wildman–Crippen MR) is 78.6 cm³/mol. The lowest BCUT2D eigenvalue weighted by Crippen LogP contribution is -2.45. The lowest BCUT2D eigenvalue weighted by molar-refractivity contribution is -0.139. The molecule has 1 aromatic rings. The van der Waals surface area contributed by atoms with Crippen molar-refractivity contribution in [1.29, 1.82) is 0 Å². The van der Waals surface area contributed by atoms with E-state index in [0.29, 0.717) is 0 Å². The number of nitrogens with one attached hydrogen (secondary N) is 1. The van der Waals surface area contributed by atoms with Gasteiger partial charge < -0.3 is 15.2 Å². The van der Waals surface area contributed by atoms with Crippen LogP contribution in [0.25, 0.3) is 0 Å². The molecule has 0 spiro atoms. The Kier molecular flexibility index (Phi) is 5.87. The van der Waals surface area contributed by atoms with Gasteiger partial charge in [-0.1, -0.05) is 0 Å². The molecule has 1 aromatic carbocycles. The minimum Gasteiger partial charge on any atom is -0.480 e. The predicted octanol–water partition coefficient (Wildman–Crippen LogP) is 3.25. The maximum Gasteiger partial charge on any atom is 0.408 e. The Labute approximate surface area is 134 Å². The fourth-order valence-corrected chi connectivity index (χ4v) is 1.98. The van der Waals surface area contributed by atoms with E-state index < -0.39 is 47.3 Å². The second-order valence-corrected chi connectivity index (χ2v) is 6.42. The number of hydrogen-bond acceptors (Lipinski definition) is 3. The van der Waals surface area contributed by atoms with Crippen molar-refractivity contribution in [1.82, 2.24) is 5.32 Å². The molecular weight excluding hydrogens is 364 g/mol. The fourth-order valence-electron chi connectivity index (χ4n) is 1.61. The van der Waals surface area contributed by atoms with Crippen LogP contribution >= 0.6 is 15.9 Å². The molecule has 0 aliphatic carbocycles. The molecule has 22 heavy (non-hydrogen) atoms. The van der Waals surface area contributed by atoms with E-state index in [2.05, 4.69) is 21.2 Å². The molecule has 122 valence electrons. The van der Waals surface area contributed by atoms with Crippen molar-refractivity contribution in [3.05, 3.63) is 33.8 Å². The summed E-state index contributed by atoms with van der Waals surface area (Å²) >= 11 is 2.90. The van der Waals surface area contributed by atoms with E-state index in [1.807, 2.05) is 0 Å². The molecule has 1 atom stereocenters. The van der Waals surface area contributed by atoms with Crippen molar-refractivity contribution in [3.8, 4) is 0 Å². The van der Waals surface area contributed by atoms with Gasteiger partial charge in [-0.3, -0.25) is 0 Å². The first-order chi connectivity index (χ1) is 10.0. The number of alkyl carbamates (subject to hydrolysis) is 1. The summed E-state index contributed by atoms with van der Waals surface area (Å²) in [6.45, 7) is 4.82. The zero-order chi connectivity index (χ0) is 17.1. The Morgan fingerprint density at radius 3 is 2.45 bits per heavy atom. The first-order valence-electron chi connectivity index (χ1n) is 6.36. The maximum absolute atomic E-state index is 13.9. The summed E-state index contributed by atoms with van der Waals surface area (Å²) in [5.41, 5.74) is -1.25. The molecule has 1 unspecified atom stereocenters. The lowest BCUT2D eigenvalue weighted by atomic mass is 10.0. The van der Waals surface area contributed by atoms with Crippen LogP contribution in [0.1, 0.15) is 26.3 Å². The number of carbonyl (C=O) groups excluding carboxylic acids is 1. The van der Waals surface area contributed by atoms with E-state index in [-0.39, 0.29) is 4.47 Å². The second-order valence-electron chi connectivity index (χ2n) is 5.56. The van der Waals surface area contributed by atoms with Gasteiger partial charge in [0, 0.05) is 12.0 Å². The Morgan fingerprint density at radius 1 is 1.36 bits per heavy atom. The van der Waals surface area contributed by atoms with Gasteiger partial charge in [0.15, 0.2) is 0 Å². The molecule has 0 heterocycles. The topological polar surface area (TPSA) is 75.6 Å². The largest absolute Gasteiger partial charge is 0.480 e. The number of hydrogen-bond donors (Lipinski definition) is 2. The number of halogens is 3. The quantitative estimate of drug-likeness (QED) is 0.787. The monoisotopic (exact) mass is 379 g/mol. The number of carbonyl (C=O) groups is 2. The van der Waals surface area contributed by atoms with E-state index in [0.717, 1.165) is 6.07 Å². The van der Waals surface area contributed by atoms with Crippen molar-refractivity contribution in [2.75, 3.05) is 0 Å². The van der Waals surface area contributed by atoms with Crippen LogP contribution in [0.2, 0.25) is 0 Å². The minimum atomic E-state index is -1.52. The van der Waals surface area contributed by atoms with Gasteiger partial charge >= 0.3 is 12.1 Å². The van der Waals surface area contributed by atoms with Gasteiger partial charge in [-0.2, -0.15) is 0 Å². The molecule has 0 saturated heterocycles. The molecule has 0 saturated carbocycles. The number of ether oxygens (including phenoxy) is 1. The van der Waals surface area contributed by atoms with Gasteiger partial charge in [-0.15, -0.1) is 0 Å². The van der Waals surface area contributed by atoms with Crippen LogP contribution in [0, 0.1) is 11.6 Å². The average molecular weight is 380 g/mol. The minimum absolute atomic E-state index is 0.00491. The molecule has 0 fully saturated rings. The standard InChI is InChI=1S/C14H16BrF2NO4/c1-14(2,3)22-13(21)18-10(12(19)20)6-7-9(16)5-4-8(15)11(7)17/h4-5,10H,6H2,1-3H3,(H,18,21)(H,19,20). The SMILES string of the molecule is CC(C)(C)OC(=O)NC(Cc1c(F)ccc(Br)c1F)C(=O)O. The first kappa shape index (κ1) is 18.3. The van der Waals surface area contributed by atoms with Crippen LogP contribution in [0.5, 0.6) is 0 Å². The molecule has 0 aliphatic heterocycles. The highest BCUT2D eigenvalue weighted by Crippen LogP contribution is 2.23. The highest BCUT2D eigenvalue weighted by molar-refractivity contribution is 9.10. The summed E-state index contributed by atoms with van der Waals surface area (Å²) in [6.07, 6.45) is -1.53. The summed E-state index contributed by atoms with van der Waals surface area (Å²) in [5.74, 6) is -3.22. The molecule has 1 amide bonds. The van der Waals surface area contributed by atoms with Crippen molar-refractivity contribution >= 4 is 28.0 Å². The lowest BCUT2D eigenvalue weighted by Gasteiger charge is -2.22. The Morgan fingerprint density at radius 2 is 1.95 bits per heavy atom. The van der Waals surface area contributed by atoms with Crippen LogP contribution in [0.3, 0.4) is 0 Å². The number of rotatable bonds is 4. The van der Waals surface area contributed by atoms with Crippen LogP contribution < -0.4 is 5.32 Å². The number of benzene rings is 1. The summed E-state index contributed by atoms with van der Waals surface area (Å²) in [6, 6.07) is 0.660. The van der Waals surface area contributed by atoms with Gasteiger partial charge in [0.25, 0.3) is 0 Å². The van der Waals surface area contributed by atoms with Crippen molar-refractivity contribution in [2.24, 2.45) is 0 Å². The van der Waals surface area contributed by atoms with Gasteiger partial charge in [0.2, 0.25) is 0 Å². The highest BCUT2D eigenvalue weighted by atomic mass is 79.9. The first-order valence-corrected chi connectivity index (χ1v) is 7.15. The van der Waals surface area contributed by atoms with Gasteiger partial charge in [0.05, 0.1) is 4.47 Å². The van der Waals surface area contributed by atoms with Crippen molar-refractivity contribution < 1.29 is 28.2 Å². The summed E-state index contributed by atoms with van der Waals surface area (Å²) in [5, 5.41) is 11.2. The number of carboxylic acid groups (broad SMARTS) is 1. The third-order valence-corrected chi connectivity index (χ3v) is 3.15. The molecule has 0 radical (unpaired) electrons. The van der Waals surface area contributed by atoms with Crippen LogP contribution in [0.4, 0.5) is 13.6 Å². The van der Waals surface area contributed by atoms with Crippen LogP contribution in [-0.4, -0.2) is 28.8 Å². The van der Waals surface area contributed by atoms with Crippen molar-refractivity contribution in [3.63, 3.8) is 0 Å². The maximum atomic E-state index is 13.9. The number of carboxylic acids is 1. The third-order valence-electron chi connectivity index (χ3n) is 2.54. The molecule has 2 N–H and O–H groups in total. The zero-order valence-electron chi connectivity index (χ0n) is 12.2.